The highest BCUT2D eigenvalue weighted by Crippen LogP contribution is 2.10. The normalized spacial score (nSPS) is 12.8. The fourth-order valence-electron chi connectivity index (χ4n) is 1.26. The number of rotatable bonds is 5. The van der Waals surface area contributed by atoms with Gasteiger partial charge >= 0.3 is 0 Å². The second-order valence-corrected chi connectivity index (χ2v) is 3.38. The van der Waals surface area contributed by atoms with Crippen LogP contribution < -0.4 is 11.1 Å². The lowest BCUT2D eigenvalue weighted by atomic mass is 10.3. The number of halogens is 2. The maximum Gasteiger partial charge on any atom is 0.271 e. The molecule has 0 aliphatic rings. The maximum absolute atomic E-state index is 12.0. The molecule has 0 fully saturated rings. The number of carbonyl (C=O) groups excluding carboxylic acids is 1. The molecule has 1 aromatic heterocycles. The highest BCUT2D eigenvalue weighted by Gasteiger charge is 2.20. The lowest BCUT2D eigenvalue weighted by Crippen LogP contribution is -2.37. The molecule has 6 nitrogen and oxygen atoms in total. The third kappa shape index (κ3) is 3.13. The van der Waals surface area contributed by atoms with Crippen molar-refractivity contribution in [1.82, 2.24) is 15.1 Å². The van der Waals surface area contributed by atoms with Crippen LogP contribution in [0.3, 0.4) is 0 Å². The topological polar surface area (TPSA) is 93.2 Å². The van der Waals surface area contributed by atoms with Crippen LogP contribution in [-0.2, 0) is 6.54 Å². The molecule has 17 heavy (non-hydrogen) atoms. The molecular formula is C9H14F2N4O2. The molecule has 0 aliphatic carbocycles. The molecule has 0 saturated carbocycles. The molecule has 0 saturated heterocycles. The summed E-state index contributed by atoms with van der Waals surface area (Å²) in [5, 5.41) is 14.9. The molecule has 1 amide bonds. The van der Waals surface area contributed by atoms with Crippen molar-refractivity contribution in [3.05, 3.63) is 11.9 Å². The highest BCUT2D eigenvalue weighted by molar-refractivity contribution is 5.97. The lowest BCUT2D eigenvalue weighted by Gasteiger charge is -2.11. The molecule has 1 aromatic rings. The molecule has 0 spiro atoms. The van der Waals surface area contributed by atoms with E-state index in [0.29, 0.717) is 6.54 Å². The van der Waals surface area contributed by atoms with Gasteiger partial charge in [-0.05, 0) is 6.92 Å². The maximum atomic E-state index is 12.0. The van der Waals surface area contributed by atoms with Crippen LogP contribution in [0.25, 0.3) is 0 Å². The molecule has 1 heterocycles. The number of hydrogen-bond acceptors (Lipinski definition) is 4. The number of anilines is 1. The summed E-state index contributed by atoms with van der Waals surface area (Å²) in [5.41, 5.74) is 5.80. The SMILES string of the molecule is CCn1ncc(N)c1C(=O)NCC(O)C(F)F. The number of hydrogen-bond donors (Lipinski definition) is 3. The number of nitrogens with one attached hydrogen (secondary N) is 1. The van der Waals surface area contributed by atoms with E-state index in [0.717, 1.165) is 0 Å². The van der Waals surface area contributed by atoms with E-state index in [1.807, 2.05) is 0 Å². The summed E-state index contributed by atoms with van der Waals surface area (Å²) in [6.45, 7) is 1.65. The number of nitrogen functional groups attached to an aromatic ring is 1. The number of aromatic nitrogens is 2. The number of nitrogens with zero attached hydrogens (tertiary/aromatic N) is 2. The third-order valence-electron chi connectivity index (χ3n) is 2.14. The largest absolute Gasteiger partial charge is 0.396 e. The predicted molar refractivity (Wildman–Crippen MR) is 56.7 cm³/mol. The number of alkyl halides is 2. The van der Waals surface area contributed by atoms with Crippen LogP contribution in [0.2, 0.25) is 0 Å². The van der Waals surface area contributed by atoms with E-state index in [4.69, 9.17) is 10.8 Å². The monoisotopic (exact) mass is 248 g/mol. The Kier molecular flexibility index (Phi) is 4.38. The molecule has 0 aromatic carbocycles. The van der Waals surface area contributed by atoms with Crippen molar-refractivity contribution >= 4 is 11.6 Å². The van der Waals surface area contributed by atoms with Gasteiger partial charge in [0.25, 0.3) is 12.3 Å². The predicted octanol–water partition coefficient (Wildman–Crippen LogP) is -0.159. The van der Waals surface area contributed by atoms with E-state index in [-0.39, 0.29) is 11.4 Å². The fraction of sp³-hybridized carbons (Fsp3) is 0.556. The zero-order valence-corrected chi connectivity index (χ0v) is 9.23. The van der Waals surface area contributed by atoms with Gasteiger partial charge < -0.3 is 16.2 Å². The Morgan fingerprint density at radius 1 is 1.71 bits per heavy atom. The van der Waals surface area contributed by atoms with Gasteiger partial charge in [-0.15, -0.1) is 0 Å². The van der Waals surface area contributed by atoms with Gasteiger partial charge in [0.1, 0.15) is 11.8 Å². The smallest absolute Gasteiger partial charge is 0.271 e. The zero-order valence-electron chi connectivity index (χ0n) is 9.23. The first-order chi connectivity index (χ1) is 7.97. The van der Waals surface area contributed by atoms with Crippen molar-refractivity contribution in [2.45, 2.75) is 26.0 Å². The number of amides is 1. The Balaban J connectivity index is 2.67. The summed E-state index contributed by atoms with van der Waals surface area (Å²) >= 11 is 0. The first-order valence-electron chi connectivity index (χ1n) is 5.03. The molecular weight excluding hydrogens is 234 g/mol. The molecule has 96 valence electrons. The third-order valence-corrected chi connectivity index (χ3v) is 2.14. The minimum atomic E-state index is -2.90. The second-order valence-electron chi connectivity index (χ2n) is 3.38. The summed E-state index contributed by atoms with van der Waals surface area (Å²) in [6, 6.07) is 0. The standard InChI is InChI=1S/C9H14F2N4O2/c1-2-15-7(5(12)3-14-15)9(17)13-4-6(16)8(10)11/h3,6,8,16H,2,4,12H2,1H3,(H,13,17). The van der Waals surface area contributed by atoms with Crippen LogP contribution in [0.5, 0.6) is 0 Å². The van der Waals surface area contributed by atoms with Gasteiger partial charge in [0.15, 0.2) is 0 Å². The van der Waals surface area contributed by atoms with E-state index < -0.39 is 25.0 Å². The van der Waals surface area contributed by atoms with Crippen molar-refractivity contribution in [1.29, 1.82) is 0 Å². The lowest BCUT2D eigenvalue weighted by molar-refractivity contribution is -0.00274. The average molecular weight is 248 g/mol. The molecule has 1 unspecified atom stereocenters. The molecule has 4 N–H and O–H groups in total. The van der Waals surface area contributed by atoms with E-state index in [2.05, 4.69) is 10.4 Å². The first kappa shape index (κ1) is 13.4. The van der Waals surface area contributed by atoms with E-state index >= 15 is 0 Å². The average Bonchev–Trinajstić information content (AvgIpc) is 2.66. The number of nitrogens with two attached hydrogens (primary N) is 1. The Morgan fingerprint density at radius 3 is 2.88 bits per heavy atom. The van der Waals surface area contributed by atoms with Crippen molar-refractivity contribution in [3.63, 3.8) is 0 Å². The van der Waals surface area contributed by atoms with Crippen LogP contribution in [0.15, 0.2) is 6.20 Å². The van der Waals surface area contributed by atoms with Crippen LogP contribution in [0.4, 0.5) is 14.5 Å². The second kappa shape index (κ2) is 5.58. The van der Waals surface area contributed by atoms with Crippen LogP contribution in [0, 0.1) is 0 Å². The Labute approximate surface area is 96.4 Å². The number of aliphatic hydroxyl groups excluding tert-OH is 1. The summed E-state index contributed by atoms with van der Waals surface area (Å²) < 4.78 is 25.4. The van der Waals surface area contributed by atoms with Crippen molar-refractivity contribution in [2.75, 3.05) is 12.3 Å². The number of carbonyl (C=O) groups is 1. The van der Waals surface area contributed by atoms with E-state index in [1.54, 1.807) is 6.92 Å². The van der Waals surface area contributed by atoms with Crippen molar-refractivity contribution < 1.29 is 18.7 Å². The summed E-state index contributed by atoms with van der Waals surface area (Å²) in [6.07, 6.45) is -3.48. The summed E-state index contributed by atoms with van der Waals surface area (Å²) in [5.74, 6) is -0.637. The van der Waals surface area contributed by atoms with Crippen molar-refractivity contribution in [3.8, 4) is 0 Å². The fourth-order valence-corrected chi connectivity index (χ4v) is 1.26. The van der Waals surface area contributed by atoms with Crippen LogP contribution in [0.1, 0.15) is 17.4 Å². The molecule has 0 aliphatic heterocycles. The zero-order chi connectivity index (χ0) is 13.0. The summed E-state index contributed by atoms with van der Waals surface area (Å²) in [4.78, 5) is 11.6. The van der Waals surface area contributed by atoms with Crippen molar-refractivity contribution in [2.24, 2.45) is 0 Å². The van der Waals surface area contributed by atoms with E-state index in [9.17, 15) is 13.6 Å². The van der Waals surface area contributed by atoms with Gasteiger partial charge in [0, 0.05) is 13.1 Å². The van der Waals surface area contributed by atoms with Gasteiger partial charge in [-0.3, -0.25) is 9.48 Å². The highest BCUT2D eigenvalue weighted by atomic mass is 19.3. The molecule has 1 atom stereocenters. The first-order valence-corrected chi connectivity index (χ1v) is 5.03. The van der Waals surface area contributed by atoms with Gasteiger partial charge in [0.2, 0.25) is 0 Å². The van der Waals surface area contributed by atoms with Crippen LogP contribution >= 0.6 is 0 Å². The number of aryl methyl sites for hydroxylation is 1. The minimum Gasteiger partial charge on any atom is -0.396 e. The molecule has 0 bridgehead atoms. The number of aliphatic hydroxyl groups is 1. The summed E-state index contributed by atoms with van der Waals surface area (Å²) in [7, 11) is 0. The van der Waals surface area contributed by atoms with E-state index in [1.165, 1.54) is 10.9 Å². The van der Waals surface area contributed by atoms with Gasteiger partial charge in [0.05, 0.1) is 11.9 Å². The Morgan fingerprint density at radius 2 is 2.35 bits per heavy atom. The van der Waals surface area contributed by atoms with Crippen LogP contribution in [-0.4, -0.2) is 39.9 Å². The Bertz CT molecular complexity index is 394. The molecule has 0 radical (unpaired) electrons. The van der Waals surface area contributed by atoms with Gasteiger partial charge in [-0.2, -0.15) is 5.10 Å². The van der Waals surface area contributed by atoms with Gasteiger partial charge in [-0.25, -0.2) is 8.78 Å². The quantitative estimate of drug-likeness (QED) is 0.675. The molecule has 1 rings (SSSR count). The minimum absolute atomic E-state index is 0.106. The van der Waals surface area contributed by atoms with Gasteiger partial charge in [-0.1, -0.05) is 0 Å². The Hall–Kier alpha value is -1.70. The molecule has 8 heteroatoms.